The smallest absolute Gasteiger partial charge is 0.141 e. The van der Waals surface area contributed by atoms with Crippen molar-refractivity contribution in [3.05, 3.63) is 200 Å². The standard InChI is InChI=1S/C54H39B3N2/c55-51-49(52(56)53(57)54-50(51)44-21-10-11-22-46(44)59(54)41-19-8-3-9-20-41)40-26-30-47-45(32-40)43-29-25-39(35-15-6-2-7-16-35)33-48(43)58(47)42-27-23-36(24-28-42)38-18-12-17-37(31-38)34-13-4-1-5-14-34/h1-33H,55-57H2. The van der Waals surface area contributed by atoms with Crippen LogP contribution in [0.2, 0.25) is 0 Å². The average molecular weight is 748 g/mol. The molecule has 11 aromatic rings. The van der Waals surface area contributed by atoms with Crippen molar-refractivity contribution < 1.29 is 0 Å². The third-order valence-electron chi connectivity index (χ3n) is 12.5. The molecule has 2 heterocycles. The summed E-state index contributed by atoms with van der Waals surface area (Å²) in [6.07, 6.45) is 0. The maximum absolute atomic E-state index is 2.45. The van der Waals surface area contributed by atoms with E-state index in [2.05, 4.69) is 233 Å². The Hall–Kier alpha value is -7.23. The van der Waals surface area contributed by atoms with Gasteiger partial charge in [-0.25, -0.2) is 0 Å². The molecule has 0 fully saturated rings. The highest BCUT2D eigenvalue weighted by Gasteiger charge is 2.22. The van der Waals surface area contributed by atoms with Crippen molar-refractivity contribution in [1.29, 1.82) is 0 Å². The number of hydrogen-bond acceptors (Lipinski definition) is 0. The van der Waals surface area contributed by atoms with E-state index in [-0.39, 0.29) is 0 Å². The van der Waals surface area contributed by atoms with Crippen LogP contribution in [0, 0.1) is 0 Å². The van der Waals surface area contributed by atoms with Crippen LogP contribution in [0.1, 0.15) is 0 Å². The lowest BCUT2D eigenvalue weighted by atomic mass is 9.69. The quantitative estimate of drug-likeness (QED) is 0.150. The molecule has 0 amide bonds. The molecule has 2 nitrogen and oxygen atoms in total. The first-order valence-corrected chi connectivity index (χ1v) is 20.5. The summed E-state index contributed by atoms with van der Waals surface area (Å²) in [5.41, 5.74) is 21.0. The fraction of sp³-hybridized carbons (Fsp3) is 0. The molecule has 59 heavy (non-hydrogen) atoms. The lowest BCUT2D eigenvalue weighted by Crippen LogP contribution is -2.35. The minimum Gasteiger partial charge on any atom is -0.310 e. The van der Waals surface area contributed by atoms with Gasteiger partial charge in [0.1, 0.15) is 23.5 Å². The first-order valence-electron chi connectivity index (χ1n) is 20.5. The van der Waals surface area contributed by atoms with Crippen molar-refractivity contribution in [3.63, 3.8) is 0 Å². The van der Waals surface area contributed by atoms with Crippen LogP contribution in [-0.4, -0.2) is 32.7 Å². The summed E-state index contributed by atoms with van der Waals surface area (Å²) >= 11 is 0. The number of aromatic nitrogens is 2. The number of nitrogens with zero attached hydrogens (tertiary/aromatic N) is 2. The van der Waals surface area contributed by atoms with E-state index in [0.717, 1.165) is 5.69 Å². The summed E-state index contributed by atoms with van der Waals surface area (Å²) in [5, 5.41) is 5.11. The Morgan fingerprint density at radius 1 is 0.288 bits per heavy atom. The van der Waals surface area contributed by atoms with Gasteiger partial charge in [-0.15, -0.1) is 0 Å². The lowest BCUT2D eigenvalue weighted by molar-refractivity contribution is 1.18. The molecule has 5 heteroatoms. The fourth-order valence-electron chi connectivity index (χ4n) is 9.60. The Kier molecular flexibility index (Phi) is 8.30. The highest BCUT2D eigenvalue weighted by atomic mass is 15.0. The van der Waals surface area contributed by atoms with E-state index >= 15 is 0 Å². The van der Waals surface area contributed by atoms with Crippen molar-refractivity contribution in [2.24, 2.45) is 0 Å². The second-order valence-electron chi connectivity index (χ2n) is 15.8. The van der Waals surface area contributed by atoms with Crippen LogP contribution in [0.25, 0.3) is 99.5 Å². The fourth-order valence-corrected chi connectivity index (χ4v) is 9.60. The molecule has 0 spiro atoms. The molecule has 0 saturated heterocycles. The zero-order valence-corrected chi connectivity index (χ0v) is 33.4. The van der Waals surface area contributed by atoms with Gasteiger partial charge in [-0.05, 0) is 99.1 Å². The monoisotopic (exact) mass is 748 g/mol. The van der Waals surface area contributed by atoms with E-state index in [1.54, 1.807) is 0 Å². The van der Waals surface area contributed by atoms with Crippen molar-refractivity contribution in [1.82, 2.24) is 9.13 Å². The molecule has 0 aliphatic heterocycles. The third kappa shape index (κ3) is 5.68. The van der Waals surface area contributed by atoms with Gasteiger partial charge in [0.2, 0.25) is 0 Å². The first kappa shape index (κ1) is 35.0. The van der Waals surface area contributed by atoms with Gasteiger partial charge < -0.3 is 9.13 Å². The number of benzene rings is 9. The predicted octanol–water partition coefficient (Wildman–Crippen LogP) is 9.32. The first-order chi connectivity index (χ1) is 29.0. The zero-order chi connectivity index (χ0) is 39.6. The Labute approximate surface area is 347 Å². The number of para-hydroxylation sites is 2. The van der Waals surface area contributed by atoms with Gasteiger partial charge >= 0.3 is 0 Å². The number of fused-ring (bicyclic) bond motifs is 6. The Balaban J connectivity index is 1.10. The molecule has 9 aromatic carbocycles. The van der Waals surface area contributed by atoms with E-state index in [1.807, 2.05) is 0 Å². The summed E-state index contributed by atoms with van der Waals surface area (Å²) in [6, 6.07) is 73.0. The van der Waals surface area contributed by atoms with Crippen LogP contribution in [0.15, 0.2) is 200 Å². The molecule has 0 saturated carbocycles. The summed E-state index contributed by atoms with van der Waals surface area (Å²) in [7, 11) is 6.93. The second-order valence-corrected chi connectivity index (χ2v) is 15.8. The van der Waals surface area contributed by atoms with Gasteiger partial charge in [-0.3, -0.25) is 0 Å². The van der Waals surface area contributed by atoms with Crippen LogP contribution < -0.4 is 16.4 Å². The zero-order valence-electron chi connectivity index (χ0n) is 33.4. The number of rotatable bonds is 6. The van der Waals surface area contributed by atoms with Crippen molar-refractivity contribution in [2.45, 2.75) is 0 Å². The van der Waals surface area contributed by atoms with E-state index < -0.39 is 0 Å². The average Bonchev–Trinajstić information content (AvgIpc) is 3.82. The Morgan fingerprint density at radius 2 is 0.814 bits per heavy atom. The van der Waals surface area contributed by atoms with Crippen molar-refractivity contribution in [2.75, 3.05) is 0 Å². The van der Waals surface area contributed by atoms with Gasteiger partial charge in [-0.2, -0.15) is 0 Å². The van der Waals surface area contributed by atoms with Gasteiger partial charge in [0.15, 0.2) is 0 Å². The Morgan fingerprint density at radius 3 is 1.51 bits per heavy atom. The molecule has 11 rings (SSSR count). The molecule has 274 valence electrons. The third-order valence-corrected chi connectivity index (χ3v) is 12.5. The molecule has 0 unspecified atom stereocenters. The van der Waals surface area contributed by atoms with Crippen LogP contribution in [-0.2, 0) is 0 Å². The van der Waals surface area contributed by atoms with Gasteiger partial charge in [0.25, 0.3) is 0 Å². The largest absolute Gasteiger partial charge is 0.310 e. The van der Waals surface area contributed by atoms with Gasteiger partial charge in [-0.1, -0.05) is 162 Å². The molecule has 0 radical (unpaired) electrons. The van der Waals surface area contributed by atoms with E-state index in [9.17, 15) is 0 Å². The molecule has 0 N–H and O–H groups in total. The minimum absolute atomic E-state index is 1.14. The minimum atomic E-state index is 1.14. The van der Waals surface area contributed by atoms with Crippen LogP contribution in [0.5, 0.6) is 0 Å². The maximum Gasteiger partial charge on any atom is 0.141 e. The summed E-state index contributed by atoms with van der Waals surface area (Å²) in [4.78, 5) is 0. The van der Waals surface area contributed by atoms with Crippen LogP contribution in [0.3, 0.4) is 0 Å². The lowest BCUT2D eigenvalue weighted by Gasteiger charge is -2.18. The van der Waals surface area contributed by atoms with E-state index in [0.29, 0.717) is 0 Å². The summed E-state index contributed by atoms with van der Waals surface area (Å²) in [5.74, 6) is 0. The molecule has 2 aromatic heterocycles. The van der Waals surface area contributed by atoms with Crippen LogP contribution >= 0.6 is 0 Å². The Bertz CT molecular complexity index is 3390. The predicted molar refractivity (Wildman–Crippen MR) is 261 cm³/mol. The topological polar surface area (TPSA) is 9.86 Å². The highest BCUT2D eigenvalue weighted by molar-refractivity contribution is 6.60. The molecular formula is C54H39B3N2. The van der Waals surface area contributed by atoms with E-state index in [1.165, 1.54) is 110 Å². The summed E-state index contributed by atoms with van der Waals surface area (Å²) in [6.45, 7) is 0. The SMILES string of the molecule is Bc1c(-c2ccc3c(c2)c2ccc(-c4ccccc4)cc2n3-c2ccc(-c3cccc(-c4ccccc4)c3)cc2)c(B)c2c3ccccc3n(-c3ccccc3)c2c1B. The normalized spacial score (nSPS) is 11.6. The molecule has 0 aliphatic rings. The second kappa shape index (κ2) is 14.0. The maximum atomic E-state index is 2.45. The van der Waals surface area contributed by atoms with Crippen LogP contribution in [0.4, 0.5) is 0 Å². The highest BCUT2D eigenvalue weighted by Crippen LogP contribution is 2.38. The molecular weight excluding hydrogens is 709 g/mol. The van der Waals surface area contributed by atoms with E-state index in [4.69, 9.17) is 0 Å². The number of hydrogen-bond donors (Lipinski definition) is 0. The molecule has 0 atom stereocenters. The summed E-state index contributed by atoms with van der Waals surface area (Å²) < 4.78 is 4.91. The van der Waals surface area contributed by atoms with Crippen molar-refractivity contribution in [3.8, 4) is 55.9 Å². The molecule has 0 bridgehead atoms. The van der Waals surface area contributed by atoms with Crippen molar-refractivity contribution >= 4 is 83.5 Å². The molecule has 0 aliphatic carbocycles. The van der Waals surface area contributed by atoms with Gasteiger partial charge in [0.05, 0.1) is 16.6 Å². The van der Waals surface area contributed by atoms with Gasteiger partial charge in [0, 0.05) is 38.4 Å².